The average Bonchev–Trinajstić information content (AvgIpc) is 2.26. The van der Waals surface area contributed by atoms with Crippen molar-refractivity contribution >= 4 is 21.6 Å². The number of hydrogen-bond donors (Lipinski definition) is 0. The molecule has 1 aromatic rings. The van der Waals surface area contributed by atoms with Crippen molar-refractivity contribution in [3.8, 4) is 0 Å². The van der Waals surface area contributed by atoms with Crippen LogP contribution in [0.3, 0.4) is 0 Å². The van der Waals surface area contributed by atoms with Crippen molar-refractivity contribution in [1.29, 1.82) is 0 Å². The lowest BCUT2D eigenvalue weighted by Gasteiger charge is -2.24. The molecule has 0 spiro atoms. The molecule has 0 heterocycles. The van der Waals surface area contributed by atoms with E-state index in [4.69, 9.17) is 0 Å². The zero-order valence-electron chi connectivity index (χ0n) is 8.96. The van der Waals surface area contributed by atoms with Crippen LogP contribution in [0.1, 0.15) is 25.8 Å². The van der Waals surface area contributed by atoms with Gasteiger partial charge in [-0.05, 0) is 25.0 Å². The molecule has 1 aromatic carbocycles. The van der Waals surface area contributed by atoms with Crippen LogP contribution < -0.4 is 4.90 Å². The minimum Gasteiger partial charge on any atom is -0.372 e. The highest BCUT2D eigenvalue weighted by Gasteiger charge is 2.06. The molecule has 0 radical (unpaired) electrons. The van der Waals surface area contributed by atoms with E-state index in [-0.39, 0.29) is 0 Å². The lowest BCUT2D eigenvalue weighted by atomic mass is 10.2. The van der Waals surface area contributed by atoms with Gasteiger partial charge in [-0.2, -0.15) is 0 Å². The summed E-state index contributed by atoms with van der Waals surface area (Å²) in [6, 6.07) is 8.60. The van der Waals surface area contributed by atoms with Crippen molar-refractivity contribution in [2.24, 2.45) is 0 Å². The van der Waals surface area contributed by atoms with E-state index in [1.807, 2.05) is 0 Å². The second kappa shape index (κ2) is 6.07. The molecule has 1 nitrogen and oxygen atoms in total. The van der Waals surface area contributed by atoms with Gasteiger partial charge in [-0.1, -0.05) is 41.1 Å². The van der Waals surface area contributed by atoms with Gasteiger partial charge in [0, 0.05) is 24.1 Å². The Kier molecular flexibility index (Phi) is 5.02. The third-order valence-corrected chi connectivity index (χ3v) is 2.96. The Hall–Kier alpha value is -0.500. The highest BCUT2D eigenvalue weighted by atomic mass is 79.9. The summed E-state index contributed by atoms with van der Waals surface area (Å²) in [6.07, 6.45) is 1.20. The van der Waals surface area contributed by atoms with Crippen molar-refractivity contribution in [3.63, 3.8) is 0 Å². The van der Waals surface area contributed by atoms with Gasteiger partial charge in [0.05, 0.1) is 0 Å². The fourth-order valence-electron chi connectivity index (χ4n) is 1.65. The zero-order chi connectivity index (χ0) is 10.4. The van der Waals surface area contributed by atoms with Crippen molar-refractivity contribution in [2.75, 3.05) is 18.0 Å². The number of alkyl halides is 1. The summed E-state index contributed by atoms with van der Waals surface area (Å²) in [7, 11) is 0. The topological polar surface area (TPSA) is 3.24 Å². The molecule has 0 aliphatic carbocycles. The van der Waals surface area contributed by atoms with Gasteiger partial charge in [0.1, 0.15) is 0 Å². The lowest BCUT2D eigenvalue weighted by Crippen LogP contribution is -2.24. The Balaban J connectivity index is 2.90. The van der Waals surface area contributed by atoms with Gasteiger partial charge in [-0.3, -0.25) is 0 Å². The van der Waals surface area contributed by atoms with E-state index in [2.05, 4.69) is 58.9 Å². The summed E-state index contributed by atoms with van der Waals surface area (Å²) in [5, 5.41) is 0.934. The number of hydrogen-bond acceptors (Lipinski definition) is 1. The fourth-order valence-corrected chi connectivity index (χ4v) is 2.13. The van der Waals surface area contributed by atoms with E-state index < -0.39 is 0 Å². The molecule has 0 saturated heterocycles. The van der Waals surface area contributed by atoms with Gasteiger partial charge >= 0.3 is 0 Å². The Morgan fingerprint density at radius 1 is 1.21 bits per heavy atom. The Bertz CT molecular complexity index is 273. The second-order valence-electron chi connectivity index (χ2n) is 3.34. The summed E-state index contributed by atoms with van der Waals surface area (Å²) in [6.45, 7) is 6.65. The Morgan fingerprint density at radius 3 is 2.50 bits per heavy atom. The predicted molar refractivity (Wildman–Crippen MR) is 67.3 cm³/mol. The number of nitrogens with zero attached hydrogens (tertiary/aromatic N) is 1. The van der Waals surface area contributed by atoms with Gasteiger partial charge in [-0.25, -0.2) is 0 Å². The first-order chi connectivity index (χ1) is 6.83. The molecule has 2 heteroatoms. The van der Waals surface area contributed by atoms with E-state index in [0.717, 1.165) is 18.4 Å². The minimum absolute atomic E-state index is 0.934. The molecule has 0 amide bonds. The van der Waals surface area contributed by atoms with Crippen LogP contribution in [-0.2, 0) is 5.33 Å². The van der Waals surface area contributed by atoms with Gasteiger partial charge in [0.2, 0.25) is 0 Å². The fraction of sp³-hybridized carbons (Fsp3) is 0.500. The minimum atomic E-state index is 0.934. The Labute approximate surface area is 95.2 Å². The molecule has 0 atom stereocenters. The smallest absolute Gasteiger partial charge is 0.0407 e. The molecule has 0 fully saturated rings. The van der Waals surface area contributed by atoms with Crippen LogP contribution in [0.4, 0.5) is 5.69 Å². The molecular formula is C12H18BrN. The van der Waals surface area contributed by atoms with Gasteiger partial charge in [0.25, 0.3) is 0 Å². The molecule has 0 unspecified atom stereocenters. The highest BCUT2D eigenvalue weighted by Crippen LogP contribution is 2.22. The largest absolute Gasteiger partial charge is 0.372 e. The first-order valence-electron chi connectivity index (χ1n) is 5.22. The molecule has 0 aliphatic rings. The molecule has 1 rings (SSSR count). The van der Waals surface area contributed by atoms with Crippen LogP contribution in [0.25, 0.3) is 0 Å². The Morgan fingerprint density at radius 2 is 1.93 bits per heavy atom. The van der Waals surface area contributed by atoms with Crippen LogP contribution in [0, 0.1) is 0 Å². The van der Waals surface area contributed by atoms with Crippen molar-refractivity contribution in [1.82, 2.24) is 0 Å². The normalized spacial score (nSPS) is 10.2. The molecule has 0 aliphatic heterocycles. The third kappa shape index (κ3) is 2.74. The lowest BCUT2D eigenvalue weighted by molar-refractivity contribution is 0.789. The van der Waals surface area contributed by atoms with Crippen LogP contribution >= 0.6 is 15.9 Å². The molecule has 0 saturated carbocycles. The number of benzene rings is 1. The maximum absolute atomic E-state index is 3.53. The maximum atomic E-state index is 3.53. The monoisotopic (exact) mass is 255 g/mol. The van der Waals surface area contributed by atoms with E-state index >= 15 is 0 Å². The van der Waals surface area contributed by atoms with Crippen LogP contribution in [0.5, 0.6) is 0 Å². The number of para-hydroxylation sites is 1. The zero-order valence-corrected chi connectivity index (χ0v) is 10.5. The van der Waals surface area contributed by atoms with Gasteiger partial charge < -0.3 is 4.90 Å². The van der Waals surface area contributed by atoms with Crippen molar-refractivity contribution in [3.05, 3.63) is 29.8 Å². The second-order valence-corrected chi connectivity index (χ2v) is 3.90. The maximum Gasteiger partial charge on any atom is 0.0407 e. The number of rotatable bonds is 5. The van der Waals surface area contributed by atoms with E-state index in [9.17, 15) is 0 Å². The van der Waals surface area contributed by atoms with Gasteiger partial charge in [-0.15, -0.1) is 0 Å². The van der Waals surface area contributed by atoms with Gasteiger partial charge in [0.15, 0.2) is 0 Å². The molecule has 0 N–H and O–H groups in total. The first-order valence-corrected chi connectivity index (χ1v) is 6.34. The summed E-state index contributed by atoms with van der Waals surface area (Å²) < 4.78 is 0. The number of halogens is 1. The van der Waals surface area contributed by atoms with E-state index in [1.54, 1.807) is 0 Å². The van der Waals surface area contributed by atoms with Crippen LogP contribution in [-0.4, -0.2) is 13.1 Å². The standard InChI is InChI=1S/C12H18BrN/c1-3-9-14(4-2)12-8-6-5-7-11(12)10-13/h5-8H,3-4,9-10H2,1-2H3. The summed E-state index contributed by atoms with van der Waals surface area (Å²) >= 11 is 3.53. The van der Waals surface area contributed by atoms with Crippen LogP contribution in [0.15, 0.2) is 24.3 Å². The highest BCUT2D eigenvalue weighted by molar-refractivity contribution is 9.08. The van der Waals surface area contributed by atoms with Crippen LogP contribution in [0.2, 0.25) is 0 Å². The summed E-state index contributed by atoms with van der Waals surface area (Å²) in [4.78, 5) is 2.43. The van der Waals surface area contributed by atoms with Crippen molar-refractivity contribution < 1.29 is 0 Å². The average molecular weight is 256 g/mol. The van der Waals surface area contributed by atoms with E-state index in [0.29, 0.717) is 0 Å². The molecule has 78 valence electrons. The van der Waals surface area contributed by atoms with Crippen molar-refractivity contribution in [2.45, 2.75) is 25.6 Å². The molecule has 0 aromatic heterocycles. The summed E-state index contributed by atoms with van der Waals surface area (Å²) in [5.74, 6) is 0. The third-order valence-electron chi connectivity index (χ3n) is 2.35. The summed E-state index contributed by atoms with van der Waals surface area (Å²) in [5.41, 5.74) is 2.75. The molecular weight excluding hydrogens is 238 g/mol. The number of anilines is 1. The quantitative estimate of drug-likeness (QED) is 0.724. The SMILES string of the molecule is CCCN(CC)c1ccccc1CBr. The molecule has 0 bridgehead atoms. The van der Waals surface area contributed by atoms with E-state index in [1.165, 1.54) is 17.7 Å². The first kappa shape index (κ1) is 11.6. The predicted octanol–water partition coefficient (Wildman–Crippen LogP) is 3.82. The molecule has 14 heavy (non-hydrogen) atoms.